The van der Waals surface area contributed by atoms with Gasteiger partial charge < -0.3 is 5.11 Å². The normalized spacial score (nSPS) is 19.1. The van der Waals surface area contributed by atoms with Crippen molar-refractivity contribution in [3.63, 3.8) is 0 Å². The summed E-state index contributed by atoms with van der Waals surface area (Å²) in [6.07, 6.45) is 4.58. The zero-order valence-corrected chi connectivity index (χ0v) is 8.86. The molecule has 15 heavy (non-hydrogen) atoms. The van der Waals surface area contributed by atoms with Gasteiger partial charge in [-0.2, -0.15) is 0 Å². The van der Waals surface area contributed by atoms with Crippen LogP contribution in [0.4, 0.5) is 0 Å². The summed E-state index contributed by atoms with van der Waals surface area (Å²) in [5.41, 5.74) is 0.270. The van der Waals surface area contributed by atoms with Crippen molar-refractivity contribution < 1.29 is 9.90 Å². The first kappa shape index (κ1) is 10.3. The number of hydrogen-bond donors (Lipinski definition) is 1. The minimum Gasteiger partial charge on any atom is -0.382 e. The highest BCUT2D eigenvalue weighted by molar-refractivity contribution is 6.02. The molecule has 1 aromatic rings. The summed E-state index contributed by atoms with van der Waals surface area (Å²) >= 11 is 0. The molecule has 80 valence electrons. The van der Waals surface area contributed by atoms with Gasteiger partial charge in [-0.25, -0.2) is 0 Å². The van der Waals surface area contributed by atoms with Crippen molar-refractivity contribution >= 4 is 5.78 Å². The van der Waals surface area contributed by atoms with Crippen LogP contribution in [0.1, 0.15) is 41.7 Å². The van der Waals surface area contributed by atoms with E-state index in [2.05, 4.69) is 4.98 Å². The number of pyridine rings is 1. The molecule has 1 aliphatic carbocycles. The van der Waals surface area contributed by atoms with Crippen LogP contribution in [-0.2, 0) is 0 Å². The lowest BCUT2D eigenvalue weighted by Crippen LogP contribution is -2.35. The first-order valence-corrected chi connectivity index (χ1v) is 5.32. The fourth-order valence-corrected chi connectivity index (χ4v) is 2.06. The molecule has 3 nitrogen and oxygen atoms in total. The molecule has 0 radical (unpaired) electrons. The SMILES string of the molecule is Cc1ccc(C(=O)C2(O)CCCC2)cn1. The maximum absolute atomic E-state index is 12.0. The van der Waals surface area contributed by atoms with E-state index < -0.39 is 5.60 Å². The predicted molar refractivity (Wildman–Crippen MR) is 56.7 cm³/mol. The average molecular weight is 205 g/mol. The second kappa shape index (κ2) is 3.74. The third kappa shape index (κ3) is 1.92. The van der Waals surface area contributed by atoms with Gasteiger partial charge in [0.15, 0.2) is 5.78 Å². The molecule has 2 rings (SSSR count). The van der Waals surface area contributed by atoms with Gasteiger partial charge in [-0.1, -0.05) is 0 Å². The van der Waals surface area contributed by atoms with Crippen molar-refractivity contribution in [1.29, 1.82) is 0 Å². The van der Waals surface area contributed by atoms with Crippen molar-refractivity contribution in [2.75, 3.05) is 0 Å². The number of rotatable bonds is 2. The number of nitrogens with zero attached hydrogens (tertiary/aromatic N) is 1. The number of carbonyl (C=O) groups is 1. The monoisotopic (exact) mass is 205 g/mol. The smallest absolute Gasteiger partial charge is 0.195 e. The third-order valence-electron chi connectivity index (χ3n) is 3.03. The molecule has 0 unspecified atom stereocenters. The summed E-state index contributed by atoms with van der Waals surface area (Å²) in [5, 5.41) is 10.1. The lowest BCUT2D eigenvalue weighted by atomic mass is 9.92. The van der Waals surface area contributed by atoms with Crippen LogP contribution in [0.5, 0.6) is 0 Å². The molecule has 1 fully saturated rings. The van der Waals surface area contributed by atoms with Crippen molar-refractivity contribution in [3.05, 3.63) is 29.6 Å². The fraction of sp³-hybridized carbons (Fsp3) is 0.500. The Balaban J connectivity index is 2.24. The summed E-state index contributed by atoms with van der Waals surface area (Å²) in [6, 6.07) is 3.53. The van der Waals surface area contributed by atoms with E-state index in [0.29, 0.717) is 18.4 Å². The quantitative estimate of drug-likeness (QED) is 0.750. The molecule has 1 aromatic heterocycles. The van der Waals surface area contributed by atoms with Crippen LogP contribution < -0.4 is 0 Å². The van der Waals surface area contributed by atoms with E-state index in [9.17, 15) is 9.90 Å². The van der Waals surface area contributed by atoms with Crippen LogP contribution >= 0.6 is 0 Å². The molecule has 0 bridgehead atoms. The molecular weight excluding hydrogens is 190 g/mol. The van der Waals surface area contributed by atoms with Crippen LogP contribution in [0, 0.1) is 6.92 Å². The van der Waals surface area contributed by atoms with E-state index in [1.807, 2.05) is 6.92 Å². The van der Waals surface area contributed by atoms with E-state index >= 15 is 0 Å². The van der Waals surface area contributed by atoms with Gasteiger partial charge in [-0.05, 0) is 44.7 Å². The van der Waals surface area contributed by atoms with Gasteiger partial charge in [0.1, 0.15) is 5.60 Å². The van der Waals surface area contributed by atoms with Crippen molar-refractivity contribution in [2.45, 2.75) is 38.2 Å². The van der Waals surface area contributed by atoms with Crippen LogP contribution in [-0.4, -0.2) is 21.5 Å². The zero-order chi connectivity index (χ0) is 10.9. The molecule has 1 saturated carbocycles. The number of carbonyl (C=O) groups excluding carboxylic acids is 1. The van der Waals surface area contributed by atoms with Crippen molar-refractivity contribution in [3.8, 4) is 0 Å². The Kier molecular flexibility index (Phi) is 2.57. The molecule has 0 saturated heterocycles. The Hall–Kier alpha value is -1.22. The van der Waals surface area contributed by atoms with Gasteiger partial charge in [0.25, 0.3) is 0 Å². The van der Waals surface area contributed by atoms with Gasteiger partial charge in [-0.15, -0.1) is 0 Å². The van der Waals surface area contributed by atoms with Gasteiger partial charge in [0, 0.05) is 17.5 Å². The summed E-state index contributed by atoms with van der Waals surface area (Å²) in [5.74, 6) is -0.174. The Morgan fingerprint density at radius 3 is 2.60 bits per heavy atom. The first-order valence-electron chi connectivity index (χ1n) is 5.32. The van der Waals surface area contributed by atoms with Crippen LogP contribution in [0.25, 0.3) is 0 Å². The largest absolute Gasteiger partial charge is 0.382 e. The second-order valence-corrected chi connectivity index (χ2v) is 4.26. The minimum absolute atomic E-state index is 0.174. The fourth-order valence-electron chi connectivity index (χ4n) is 2.06. The Morgan fingerprint density at radius 1 is 1.40 bits per heavy atom. The van der Waals surface area contributed by atoms with Gasteiger partial charge in [0.2, 0.25) is 0 Å². The maximum Gasteiger partial charge on any atom is 0.195 e. The summed E-state index contributed by atoms with van der Waals surface area (Å²) < 4.78 is 0. The molecule has 1 heterocycles. The number of ketones is 1. The molecule has 0 atom stereocenters. The number of hydrogen-bond acceptors (Lipinski definition) is 3. The highest BCUT2D eigenvalue weighted by Gasteiger charge is 2.39. The highest BCUT2D eigenvalue weighted by Crippen LogP contribution is 2.32. The molecule has 1 aliphatic rings. The Morgan fingerprint density at radius 2 is 2.07 bits per heavy atom. The molecule has 3 heteroatoms. The van der Waals surface area contributed by atoms with Crippen molar-refractivity contribution in [2.24, 2.45) is 0 Å². The van der Waals surface area contributed by atoms with Gasteiger partial charge in [0.05, 0.1) is 0 Å². The second-order valence-electron chi connectivity index (χ2n) is 4.26. The number of aryl methyl sites for hydroxylation is 1. The standard InChI is InChI=1S/C12H15NO2/c1-9-4-5-10(8-13-9)11(14)12(15)6-2-3-7-12/h4-5,8,15H,2-3,6-7H2,1H3. The highest BCUT2D eigenvalue weighted by atomic mass is 16.3. The van der Waals surface area contributed by atoms with E-state index in [1.165, 1.54) is 0 Å². The summed E-state index contributed by atoms with van der Waals surface area (Å²) in [4.78, 5) is 16.1. The number of aliphatic hydroxyl groups is 1. The van der Waals surface area contributed by atoms with Crippen molar-refractivity contribution in [1.82, 2.24) is 4.98 Å². The van der Waals surface area contributed by atoms with Gasteiger partial charge >= 0.3 is 0 Å². The predicted octanol–water partition coefficient (Wildman–Crippen LogP) is 1.88. The maximum atomic E-state index is 12.0. The molecule has 0 aromatic carbocycles. The van der Waals surface area contributed by atoms with E-state index in [1.54, 1.807) is 18.3 Å². The zero-order valence-electron chi connectivity index (χ0n) is 8.86. The summed E-state index contributed by atoms with van der Waals surface area (Å²) in [7, 11) is 0. The average Bonchev–Trinajstić information content (AvgIpc) is 2.67. The van der Waals surface area contributed by atoms with Gasteiger partial charge in [-0.3, -0.25) is 9.78 Å². The first-order chi connectivity index (χ1) is 7.12. The topological polar surface area (TPSA) is 50.2 Å². The van der Waals surface area contributed by atoms with E-state index in [-0.39, 0.29) is 5.78 Å². The van der Waals surface area contributed by atoms with E-state index in [4.69, 9.17) is 0 Å². The Bertz CT molecular complexity index is 364. The summed E-state index contributed by atoms with van der Waals surface area (Å²) in [6.45, 7) is 1.87. The van der Waals surface area contributed by atoms with Crippen LogP contribution in [0.15, 0.2) is 18.3 Å². The number of Topliss-reactive ketones (excluding diaryl/α,β-unsaturated/α-hetero) is 1. The van der Waals surface area contributed by atoms with Crippen LogP contribution in [0.3, 0.4) is 0 Å². The molecule has 0 amide bonds. The number of aromatic nitrogens is 1. The molecular formula is C12H15NO2. The molecule has 0 aliphatic heterocycles. The lowest BCUT2D eigenvalue weighted by molar-refractivity contribution is 0.0353. The lowest BCUT2D eigenvalue weighted by Gasteiger charge is -2.19. The Labute approximate surface area is 89.2 Å². The molecule has 1 N–H and O–H groups in total. The van der Waals surface area contributed by atoms with E-state index in [0.717, 1.165) is 18.5 Å². The third-order valence-corrected chi connectivity index (χ3v) is 3.03. The minimum atomic E-state index is -1.13. The van der Waals surface area contributed by atoms with Crippen LogP contribution in [0.2, 0.25) is 0 Å². The molecule has 0 spiro atoms.